The number of halogens is 1. The molecule has 2 fully saturated rings. The number of rotatable bonds is 5. The Morgan fingerprint density at radius 2 is 2.11 bits per heavy atom. The first kappa shape index (κ1) is 17.5. The molecule has 4 rings (SSSR count). The normalized spacial score (nSPS) is 22.2. The number of hydrogen-bond donors (Lipinski definition) is 1. The molecule has 2 atom stereocenters. The monoisotopic (exact) mass is 373 g/mol. The fourth-order valence-corrected chi connectivity index (χ4v) is 3.30. The van der Waals surface area contributed by atoms with E-state index in [9.17, 15) is 9.18 Å². The van der Waals surface area contributed by atoms with E-state index in [1.807, 2.05) is 6.07 Å². The van der Waals surface area contributed by atoms with E-state index >= 15 is 0 Å². The number of carbonyl (C=O) groups is 1. The van der Waals surface area contributed by atoms with Gasteiger partial charge in [-0.1, -0.05) is 12.1 Å². The van der Waals surface area contributed by atoms with Gasteiger partial charge in [-0.15, -0.1) is 0 Å². The summed E-state index contributed by atoms with van der Waals surface area (Å²) in [6, 6.07) is 10.0. The van der Waals surface area contributed by atoms with E-state index in [0.717, 1.165) is 18.8 Å². The number of aromatic nitrogens is 1. The van der Waals surface area contributed by atoms with E-state index in [4.69, 9.17) is 14.6 Å². The zero-order chi connectivity index (χ0) is 18.8. The second-order valence-electron chi connectivity index (χ2n) is 6.58. The van der Waals surface area contributed by atoms with Crippen LogP contribution < -0.4 is 14.5 Å². The van der Waals surface area contributed by atoms with Crippen molar-refractivity contribution in [3.63, 3.8) is 0 Å². The quantitative estimate of drug-likeness (QED) is 0.866. The van der Waals surface area contributed by atoms with Gasteiger partial charge >= 0.3 is 6.09 Å². The third kappa shape index (κ3) is 3.66. The fourth-order valence-electron chi connectivity index (χ4n) is 3.30. The minimum absolute atomic E-state index is 0.109. The predicted octanol–water partition coefficient (Wildman–Crippen LogP) is 2.20. The lowest BCUT2D eigenvalue weighted by atomic mass is 10.3. The number of amides is 1. The summed E-state index contributed by atoms with van der Waals surface area (Å²) in [7, 11) is 0. The van der Waals surface area contributed by atoms with Crippen LogP contribution in [0.1, 0.15) is 6.42 Å². The van der Waals surface area contributed by atoms with Gasteiger partial charge in [0.1, 0.15) is 18.0 Å². The first-order valence-electron chi connectivity index (χ1n) is 8.85. The van der Waals surface area contributed by atoms with Gasteiger partial charge in [-0.3, -0.25) is 4.90 Å². The smallest absolute Gasteiger partial charge is 0.414 e. The van der Waals surface area contributed by atoms with E-state index in [-0.39, 0.29) is 24.3 Å². The molecule has 8 heteroatoms. The Labute approximate surface area is 155 Å². The average molecular weight is 373 g/mol. The van der Waals surface area contributed by atoms with Gasteiger partial charge in [0.15, 0.2) is 11.6 Å². The van der Waals surface area contributed by atoms with Gasteiger partial charge in [0.05, 0.1) is 31.6 Å². The van der Waals surface area contributed by atoms with Crippen molar-refractivity contribution in [2.45, 2.75) is 18.6 Å². The van der Waals surface area contributed by atoms with E-state index in [1.165, 1.54) is 11.0 Å². The maximum Gasteiger partial charge on any atom is 0.414 e. The van der Waals surface area contributed by atoms with Crippen molar-refractivity contribution in [3.05, 3.63) is 48.4 Å². The molecule has 2 aromatic rings. The molecule has 1 unspecified atom stereocenters. The highest BCUT2D eigenvalue weighted by Crippen LogP contribution is 2.26. The maximum atomic E-state index is 13.7. The van der Waals surface area contributed by atoms with E-state index < -0.39 is 12.2 Å². The predicted molar refractivity (Wildman–Crippen MR) is 96.6 cm³/mol. The van der Waals surface area contributed by atoms with Crippen molar-refractivity contribution in [1.29, 1.82) is 0 Å². The third-order valence-corrected chi connectivity index (χ3v) is 4.72. The zero-order valence-corrected chi connectivity index (χ0v) is 14.6. The first-order chi connectivity index (χ1) is 13.1. The average Bonchev–Trinajstić information content (AvgIpc) is 3.30. The van der Waals surface area contributed by atoms with Crippen LogP contribution in [0.25, 0.3) is 0 Å². The molecule has 0 radical (unpaired) electrons. The molecule has 0 saturated carbocycles. The minimum Gasteiger partial charge on any atom is -0.485 e. The standard InChI is InChI=1S/C19H20FN3O4/c20-16-3-1-2-4-17(16)26-14-7-8-22(10-14)18-6-5-13(9-21-18)23-11-15(12-24)27-19(23)25/h1-6,9,14-15,24H,7-8,10-12H2/t14?,15-/m1/s1. The molecular formula is C19H20FN3O4. The first-order valence-corrected chi connectivity index (χ1v) is 8.85. The highest BCUT2D eigenvalue weighted by atomic mass is 19.1. The number of carbonyl (C=O) groups excluding carboxylic acids is 1. The van der Waals surface area contributed by atoms with Crippen LogP contribution in [0.2, 0.25) is 0 Å². The number of cyclic esters (lactones) is 1. The Kier molecular flexibility index (Phi) is 4.81. The molecule has 1 aromatic heterocycles. The molecule has 0 bridgehead atoms. The minimum atomic E-state index is -0.507. The van der Waals surface area contributed by atoms with Crippen LogP contribution in [0.5, 0.6) is 5.75 Å². The van der Waals surface area contributed by atoms with Crippen LogP contribution in [0.15, 0.2) is 42.6 Å². The molecule has 7 nitrogen and oxygen atoms in total. The number of anilines is 2. The van der Waals surface area contributed by atoms with Gasteiger partial charge in [0, 0.05) is 13.0 Å². The summed E-state index contributed by atoms with van der Waals surface area (Å²) < 4.78 is 24.5. The molecule has 27 heavy (non-hydrogen) atoms. The van der Waals surface area contributed by atoms with Gasteiger partial charge in [0.25, 0.3) is 0 Å². The number of nitrogens with zero attached hydrogens (tertiary/aromatic N) is 3. The molecule has 1 aromatic carbocycles. The second-order valence-corrected chi connectivity index (χ2v) is 6.58. The van der Waals surface area contributed by atoms with Crippen LogP contribution in [-0.4, -0.2) is 54.6 Å². The Morgan fingerprint density at radius 1 is 1.26 bits per heavy atom. The SMILES string of the molecule is O=C1O[C@@H](CO)CN1c1ccc(N2CCC(Oc3ccccc3F)C2)nc1. The van der Waals surface area contributed by atoms with Crippen LogP contribution in [0.4, 0.5) is 20.7 Å². The third-order valence-electron chi connectivity index (χ3n) is 4.72. The Hall–Kier alpha value is -2.87. The van der Waals surface area contributed by atoms with Gasteiger partial charge in [-0.05, 0) is 24.3 Å². The summed E-state index contributed by atoms with van der Waals surface area (Å²) in [6.45, 7) is 1.46. The van der Waals surface area contributed by atoms with Crippen molar-refractivity contribution in [2.75, 3.05) is 36.0 Å². The topological polar surface area (TPSA) is 75.1 Å². The molecule has 3 heterocycles. The second kappa shape index (κ2) is 7.40. The summed E-state index contributed by atoms with van der Waals surface area (Å²) in [5, 5.41) is 9.12. The lowest BCUT2D eigenvalue weighted by molar-refractivity contribution is 0.0963. The summed E-state index contributed by atoms with van der Waals surface area (Å²) in [5.74, 6) is 0.667. The summed E-state index contributed by atoms with van der Waals surface area (Å²) >= 11 is 0. The summed E-state index contributed by atoms with van der Waals surface area (Å²) in [4.78, 5) is 19.8. The molecule has 1 N–H and O–H groups in total. The van der Waals surface area contributed by atoms with Crippen LogP contribution in [-0.2, 0) is 4.74 Å². The van der Waals surface area contributed by atoms with Crippen molar-refractivity contribution in [3.8, 4) is 5.75 Å². The highest BCUT2D eigenvalue weighted by Gasteiger charge is 2.32. The Bertz CT molecular complexity index is 817. The number of aliphatic hydroxyl groups is 1. The summed E-state index contributed by atoms with van der Waals surface area (Å²) in [5.41, 5.74) is 0.623. The van der Waals surface area contributed by atoms with E-state index in [2.05, 4.69) is 9.88 Å². The molecule has 2 saturated heterocycles. The van der Waals surface area contributed by atoms with Crippen LogP contribution in [0.3, 0.4) is 0 Å². The molecule has 0 aliphatic carbocycles. The maximum absolute atomic E-state index is 13.7. The molecule has 1 amide bonds. The number of ether oxygens (including phenoxy) is 2. The van der Waals surface area contributed by atoms with Crippen LogP contribution >= 0.6 is 0 Å². The lowest BCUT2D eigenvalue weighted by Crippen LogP contribution is -2.27. The molecule has 2 aliphatic heterocycles. The molecule has 0 spiro atoms. The zero-order valence-electron chi connectivity index (χ0n) is 14.6. The number of benzene rings is 1. The molecular weight excluding hydrogens is 353 g/mol. The highest BCUT2D eigenvalue weighted by molar-refractivity contribution is 5.89. The van der Waals surface area contributed by atoms with E-state index in [1.54, 1.807) is 30.5 Å². The van der Waals surface area contributed by atoms with Gasteiger partial charge in [-0.25, -0.2) is 14.2 Å². The summed E-state index contributed by atoms with van der Waals surface area (Å²) in [6.07, 6.45) is 1.29. The largest absolute Gasteiger partial charge is 0.485 e. The van der Waals surface area contributed by atoms with Crippen molar-refractivity contribution < 1.29 is 23.8 Å². The lowest BCUT2D eigenvalue weighted by Gasteiger charge is -2.19. The van der Waals surface area contributed by atoms with Crippen molar-refractivity contribution in [1.82, 2.24) is 4.98 Å². The van der Waals surface area contributed by atoms with Crippen LogP contribution in [0, 0.1) is 5.82 Å². The number of pyridine rings is 1. The fraction of sp³-hybridized carbons (Fsp3) is 0.368. The number of hydrogen-bond acceptors (Lipinski definition) is 6. The van der Waals surface area contributed by atoms with Gasteiger partial charge in [-0.2, -0.15) is 0 Å². The Morgan fingerprint density at radius 3 is 2.81 bits per heavy atom. The Balaban J connectivity index is 1.39. The van der Waals surface area contributed by atoms with Gasteiger partial charge < -0.3 is 19.5 Å². The number of aliphatic hydroxyl groups excluding tert-OH is 1. The molecule has 142 valence electrons. The van der Waals surface area contributed by atoms with E-state index in [0.29, 0.717) is 18.8 Å². The molecule has 2 aliphatic rings. The van der Waals surface area contributed by atoms with Crippen molar-refractivity contribution in [2.24, 2.45) is 0 Å². The van der Waals surface area contributed by atoms with Gasteiger partial charge in [0.2, 0.25) is 0 Å². The van der Waals surface area contributed by atoms with Crippen molar-refractivity contribution >= 4 is 17.6 Å². The number of para-hydroxylation sites is 1.